The van der Waals surface area contributed by atoms with Crippen LogP contribution in [0.5, 0.6) is 0 Å². The highest BCUT2D eigenvalue weighted by molar-refractivity contribution is 5.50. The van der Waals surface area contributed by atoms with Crippen LogP contribution in [0, 0.1) is 5.92 Å². The molecule has 0 bridgehead atoms. The molecule has 0 radical (unpaired) electrons. The third-order valence-electron chi connectivity index (χ3n) is 3.30. The van der Waals surface area contributed by atoms with E-state index in [9.17, 15) is 0 Å². The van der Waals surface area contributed by atoms with E-state index in [4.69, 9.17) is 0 Å². The van der Waals surface area contributed by atoms with E-state index in [1.165, 1.54) is 11.3 Å². The molecule has 3 nitrogen and oxygen atoms in total. The molecule has 2 heterocycles. The largest absolute Gasteiger partial charge is 0.318 e. The second-order valence-electron chi connectivity index (χ2n) is 4.36. The Labute approximate surface area is 89.7 Å². The maximum atomic E-state index is 4.39. The first kappa shape index (κ1) is 8.77. The van der Waals surface area contributed by atoms with Crippen LogP contribution in [0.25, 0.3) is 0 Å². The minimum atomic E-state index is 0.612. The number of nitrogens with zero attached hydrogens (tertiary/aromatic N) is 3. The first-order chi connectivity index (χ1) is 7.27. The summed E-state index contributed by atoms with van der Waals surface area (Å²) in [6.45, 7) is 3.25. The molecule has 1 aromatic heterocycles. The Balaban J connectivity index is 2.12. The van der Waals surface area contributed by atoms with Gasteiger partial charge in [0, 0.05) is 31.1 Å². The number of allylic oxidation sites excluding steroid dienone is 4. The van der Waals surface area contributed by atoms with Gasteiger partial charge in [-0.1, -0.05) is 19.1 Å². The molecule has 15 heavy (non-hydrogen) atoms. The number of aromatic nitrogens is 2. The van der Waals surface area contributed by atoms with Gasteiger partial charge < -0.3 is 9.47 Å². The number of rotatable bonds is 0. The van der Waals surface area contributed by atoms with Crippen LogP contribution in [0.1, 0.15) is 13.3 Å². The molecule has 0 fully saturated rings. The number of fused-ring (bicyclic) bond motifs is 1. The highest BCUT2D eigenvalue weighted by atomic mass is 15.3. The van der Waals surface area contributed by atoms with Gasteiger partial charge >= 0.3 is 0 Å². The fourth-order valence-corrected chi connectivity index (χ4v) is 2.62. The number of hydrogen-bond acceptors (Lipinski definition) is 2. The lowest BCUT2D eigenvalue weighted by Gasteiger charge is -2.35. The molecule has 0 saturated carbocycles. The second kappa shape index (κ2) is 2.99. The quantitative estimate of drug-likeness (QED) is 0.641. The Hall–Kier alpha value is -1.51. The molecule has 1 unspecified atom stereocenters. The molecular weight excluding hydrogens is 186 g/mol. The summed E-state index contributed by atoms with van der Waals surface area (Å²) in [5.74, 6) is 1.68. The topological polar surface area (TPSA) is 21.1 Å². The lowest BCUT2D eigenvalue weighted by molar-refractivity contribution is 0.602. The molecule has 1 aliphatic carbocycles. The van der Waals surface area contributed by atoms with E-state index in [0.29, 0.717) is 5.92 Å². The van der Waals surface area contributed by atoms with Crippen molar-refractivity contribution in [1.29, 1.82) is 0 Å². The van der Waals surface area contributed by atoms with E-state index in [0.717, 1.165) is 18.9 Å². The van der Waals surface area contributed by atoms with Crippen LogP contribution in [0.2, 0.25) is 0 Å². The van der Waals surface area contributed by atoms with E-state index in [2.05, 4.69) is 40.6 Å². The van der Waals surface area contributed by atoms with E-state index in [1.54, 1.807) is 0 Å². The predicted molar refractivity (Wildman–Crippen MR) is 60.6 cm³/mol. The average molecular weight is 201 g/mol. The standard InChI is InChI=1S/C12H15N3/c1-9-4-3-5-10-8-15-7-6-13-12(15)14(2)11(9)10/h3,5-7,9H,4,8H2,1-2H3. The zero-order valence-corrected chi connectivity index (χ0v) is 9.14. The van der Waals surface area contributed by atoms with Crippen LogP contribution in [0.4, 0.5) is 5.95 Å². The minimum Gasteiger partial charge on any atom is -0.318 e. The van der Waals surface area contributed by atoms with Gasteiger partial charge in [0.2, 0.25) is 5.95 Å². The third kappa shape index (κ3) is 1.16. The average Bonchev–Trinajstić information content (AvgIpc) is 2.66. The first-order valence-corrected chi connectivity index (χ1v) is 5.42. The normalized spacial score (nSPS) is 24.1. The molecule has 78 valence electrons. The molecular formula is C12H15N3. The van der Waals surface area contributed by atoms with E-state index in [-0.39, 0.29) is 0 Å². The Morgan fingerprint density at radius 2 is 2.33 bits per heavy atom. The SMILES string of the molecule is CC1CC=CC2=C1N(C)c1nccn1C2. The van der Waals surface area contributed by atoms with E-state index >= 15 is 0 Å². The Bertz CT molecular complexity index is 453. The van der Waals surface area contributed by atoms with Crippen molar-refractivity contribution < 1.29 is 0 Å². The summed E-state index contributed by atoms with van der Waals surface area (Å²) >= 11 is 0. The van der Waals surface area contributed by atoms with Gasteiger partial charge in [-0.3, -0.25) is 0 Å². The minimum absolute atomic E-state index is 0.612. The summed E-state index contributed by atoms with van der Waals surface area (Å²) in [5.41, 5.74) is 2.87. The molecule has 0 amide bonds. The van der Waals surface area contributed by atoms with Crippen molar-refractivity contribution >= 4 is 5.95 Å². The molecule has 1 atom stereocenters. The summed E-state index contributed by atoms with van der Waals surface area (Å²) in [6, 6.07) is 0. The van der Waals surface area contributed by atoms with Crippen LogP contribution in [0.15, 0.2) is 35.8 Å². The van der Waals surface area contributed by atoms with Crippen LogP contribution < -0.4 is 4.90 Å². The Morgan fingerprint density at radius 1 is 1.47 bits per heavy atom. The summed E-state index contributed by atoms with van der Waals surface area (Å²) in [4.78, 5) is 6.62. The van der Waals surface area contributed by atoms with E-state index in [1.807, 2.05) is 12.4 Å². The van der Waals surface area contributed by atoms with Gasteiger partial charge in [0.1, 0.15) is 0 Å². The van der Waals surface area contributed by atoms with Crippen molar-refractivity contribution in [1.82, 2.24) is 9.55 Å². The summed E-state index contributed by atoms with van der Waals surface area (Å²) in [7, 11) is 2.11. The van der Waals surface area contributed by atoms with Gasteiger partial charge in [-0.2, -0.15) is 0 Å². The Kier molecular flexibility index (Phi) is 1.75. The maximum Gasteiger partial charge on any atom is 0.209 e. The summed E-state index contributed by atoms with van der Waals surface area (Å²) < 4.78 is 2.20. The number of hydrogen-bond donors (Lipinski definition) is 0. The smallest absolute Gasteiger partial charge is 0.209 e. The lowest BCUT2D eigenvalue weighted by atomic mass is 9.92. The lowest BCUT2D eigenvalue weighted by Crippen LogP contribution is -2.31. The van der Waals surface area contributed by atoms with Gasteiger partial charge in [-0.25, -0.2) is 4.98 Å². The van der Waals surface area contributed by atoms with Crippen LogP contribution in [-0.4, -0.2) is 16.6 Å². The summed E-state index contributed by atoms with van der Waals surface area (Å²) in [5, 5.41) is 0. The van der Waals surface area contributed by atoms with Gasteiger partial charge in [0.25, 0.3) is 0 Å². The van der Waals surface area contributed by atoms with Crippen molar-refractivity contribution in [3.8, 4) is 0 Å². The predicted octanol–water partition coefficient (Wildman–Crippen LogP) is 2.18. The van der Waals surface area contributed by atoms with Crippen LogP contribution in [-0.2, 0) is 6.54 Å². The maximum absolute atomic E-state index is 4.39. The zero-order valence-electron chi connectivity index (χ0n) is 9.14. The van der Waals surface area contributed by atoms with Gasteiger partial charge in [-0.15, -0.1) is 0 Å². The number of anilines is 1. The molecule has 0 aromatic carbocycles. The van der Waals surface area contributed by atoms with Crippen molar-refractivity contribution in [2.75, 3.05) is 11.9 Å². The third-order valence-corrected chi connectivity index (χ3v) is 3.30. The molecule has 3 rings (SSSR count). The fraction of sp³-hybridized carbons (Fsp3) is 0.417. The monoisotopic (exact) mass is 201 g/mol. The molecule has 1 aromatic rings. The highest BCUT2D eigenvalue weighted by Crippen LogP contribution is 2.34. The first-order valence-electron chi connectivity index (χ1n) is 5.42. The Morgan fingerprint density at radius 3 is 3.20 bits per heavy atom. The van der Waals surface area contributed by atoms with Gasteiger partial charge in [-0.05, 0) is 12.0 Å². The van der Waals surface area contributed by atoms with Crippen LogP contribution >= 0.6 is 0 Å². The zero-order chi connectivity index (χ0) is 10.4. The van der Waals surface area contributed by atoms with Gasteiger partial charge in [0.15, 0.2) is 0 Å². The molecule has 0 spiro atoms. The molecule has 0 N–H and O–H groups in total. The van der Waals surface area contributed by atoms with Crippen molar-refractivity contribution in [3.63, 3.8) is 0 Å². The highest BCUT2D eigenvalue weighted by Gasteiger charge is 2.26. The summed E-state index contributed by atoms with van der Waals surface area (Å²) in [6.07, 6.45) is 9.60. The fourth-order valence-electron chi connectivity index (χ4n) is 2.62. The van der Waals surface area contributed by atoms with E-state index < -0.39 is 0 Å². The van der Waals surface area contributed by atoms with Crippen molar-refractivity contribution in [2.45, 2.75) is 19.9 Å². The molecule has 0 saturated heterocycles. The molecule has 2 aliphatic rings. The molecule has 3 heteroatoms. The van der Waals surface area contributed by atoms with Crippen LogP contribution in [0.3, 0.4) is 0 Å². The van der Waals surface area contributed by atoms with Crippen molar-refractivity contribution in [2.24, 2.45) is 5.92 Å². The number of imidazole rings is 1. The second-order valence-corrected chi connectivity index (χ2v) is 4.36. The van der Waals surface area contributed by atoms with Crippen molar-refractivity contribution in [3.05, 3.63) is 35.8 Å². The van der Waals surface area contributed by atoms with Gasteiger partial charge in [0.05, 0.1) is 6.54 Å². The molecule has 1 aliphatic heterocycles.